The van der Waals surface area contributed by atoms with Crippen LogP contribution in [-0.2, 0) is 39.8 Å². The number of rotatable bonds is 39. The molecule has 15 nitrogen and oxygen atoms in total. The van der Waals surface area contributed by atoms with Crippen molar-refractivity contribution in [2.24, 2.45) is 17.2 Å². The second-order valence-corrected chi connectivity index (χ2v) is 22.3. The Labute approximate surface area is 335 Å². The van der Waals surface area contributed by atoms with Crippen molar-refractivity contribution in [2.45, 2.75) is 114 Å². The molecule has 0 bridgehead atoms. The largest absolute Gasteiger partial charge is 0.500 e. The Morgan fingerprint density at radius 1 is 0.278 bits per heavy atom. The predicted octanol–water partition coefficient (Wildman–Crippen LogP) is 4.09. The van der Waals surface area contributed by atoms with Gasteiger partial charge >= 0.3 is 26.4 Å². The monoisotopic (exact) mass is 835 g/mol. The Morgan fingerprint density at radius 3 is 0.815 bits per heavy atom. The molecule has 0 atom stereocenters. The van der Waals surface area contributed by atoms with Crippen LogP contribution in [0.3, 0.4) is 0 Å². The molecule has 0 aliphatic rings. The van der Waals surface area contributed by atoms with Gasteiger partial charge in [-0.05, 0) is 71.2 Å². The summed E-state index contributed by atoms with van der Waals surface area (Å²) in [7, 11) is 7.88. The molecule has 0 aromatic rings. The van der Waals surface area contributed by atoms with Gasteiger partial charge in [-0.15, -0.1) is 0 Å². The molecule has 0 aromatic heterocycles. The van der Waals surface area contributed by atoms with Crippen molar-refractivity contribution >= 4 is 26.4 Å². The van der Waals surface area contributed by atoms with Gasteiger partial charge in [0.1, 0.15) is 0 Å². The first kappa shape index (κ1) is 58.4. The Kier molecular flexibility index (Phi) is 47.7. The Balaban J connectivity index is -0.000000741. The molecule has 0 fully saturated rings. The van der Waals surface area contributed by atoms with E-state index in [1.165, 1.54) is 70.6 Å². The third-order valence-corrected chi connectivity index (χ3v) is 17.8. The first-order valence-corrected chi connectivity index (χ1v) is 26.2. The van der Waals surface area contributed by atoms with Crippen LogP contribution < -0.4 is 33.2 Å². The highest BCUT2D eigenvalue weighted by Crippen LogP contribution is 2.19. The summed E-state index contributed by atoms with van der Waals surface area (Å²) < 4.78 is 48.2. The highest BCUT2D eigenvalue weighted by atomic mass is 28.4. The summed E-state index contributed by atoms with van der Waals surface area (Å²) in [6.07, 6.45) is 18.6. The number of hydrogen-bond donors (Lipinski definition) is 6. The van der Waals surface area contributed by atoms with Crippen molar-refractivity contribution in [2.75, 3.05) is 123 Å². The van der Waals surface area contributed by atoms with E-state index in [4.69, 9.17) is 57.0 Å². The number of nitrogens with one attached hydrogen (secondary N) is 3. The van der Waals surface area contributed by atoms with Crippen LogP contribution in [0.25, 0.3) is 0 Å². The van der Waals surface area contributed by atoms with Crippen LogP contribution >= 0.6 is 0 Å². The molecule has 0 aliphatic carbocycles. The van der Waals surface area contributed by atoms with Gasteiger partial charge in [0.05, 0.1) is 0 Å². The standard InChI is InChI=1S/C16H38N2O3Si.C12H30N2O3Si.C8H22N2O3Si/c1-19-22(20-2,21-3)16-12-10-8-6-4-5-7-9-11-14-18-15-13-17;1-15-18(16-2,17-3)12-8-11-14-10-7-5-4-6-9-13;1-11-14(12-2,13-3)8-4-6-10-7-5-9/h18H,4-17H2,1-3H3;14H,4-13H2,1-3H3;10H,4-9H2,1-3H3. The highest BCUT2D eigenvalue weighted by Gasteiger charge is 2.38. The first-order chi connectivity index (χ1) is 26.2. The molecule has 0 heterocycles. The number of hydrogen-bond acceptors (Lipinski definition) is 15. The normalized spacial score (nSPS) is 12.0. The first-order valence-electron chi connectivity index (χ1n) is 20.4. The zero-order chi connectivity index (χ0) is 41.1. The van der Waals surface area contributed by atoms with E-state index >= 15 is 0 Å². The highest BCUT2D eigenvalue weighted by molar-refractivity contribution is 6.61. The second-order valence-electron chi connectivity index (χ2n) is 13.1. The smallest absolute Gasteiger partial charge is 0.377 e. The number of unbranched alkanes of at least 4 members (excludes halogenated alkanes) is 11. The molecule has 0 aliphatic heterocycles. The van der Waals surface area contributed by atoms with Crippen LogP contribution in [0.5, 0.6) is 0 Å². The van der Waals surface area contributed by atoms with E-state index in [1.54, 1.807) is 64.0 Å². The van der Waals surface area contributed by atoms with Crippen molar-refractivity contribution in [1.29, 1.82) is 0 Å². The van der Waals surface area contributed by atoms with Gasteiger partial charge in [0.2, 0.25) is 0 Å². The van der Waals surface area contributed by atoms with E-state index < -0.39 is 26.4 Å². The Morgan fingerprint density at radius 2 is 0.519 bits per heavy atom. The summed E-state index contributed by atoms with van der Waals surface area (Å²) in [5, 5.41) is 9.98. The summed E-state index contributed by atoms with van der Waals surface area (Å²) in [6, 6.07) is 2.61. The zero-order valence-electron chi connectivity index (χ0n) is 36.5. The molecular formula is C36H90N6O9Si3. The molecule has 0 radical (unpaired) electrons. The second kappa shape index (κ2) is 44.2. The lowest BCUT2D eigenvalue weighted by molar-refractivity contribution is 0.122. The Hall–Kier alpha value is 0.0506. The average molecular weight is 835 g/mol. The van der Waals surface area contributed by atoms with Crippen LogP contribution in [0.2, 0.25) is 18.1 Å². The van der Waals surface area contributed by atoms with Crippen LogP contribution in [0.15, 0.2) is 0 Å². The van der Waals surface area contributed by atoms with Gasteiger partial charge in [-0.25, -0.2) is 0 Å². The minimum atomic E-state index is -2.36. The molecule has 0 spiro atoms. The molecule has 54 heavy (non-hydrogen) atoms. The van der Waals surface area contributed by atoms with Crippen molar-refractivity contribution in [1.82, 2.24) is 16.0 Å². The maximum absolute atomic E-state index is 5.44. The summed E-state index contributed by atoms with van der Waals surface area (Å²) in [6.45, 7) is 8.10. The summed E-state index contributed by atoms with van der Waals surface area (Å²) in [4.78, 5) is 0. The third-order valence-electron chi connectivity index (χ3n) is 9.26. The van der Waals surface area contributed by atoms with Crippen LogP contribution in [0, 0.1) is 0 Å². The van der Waals surface area contributed by atoms with Crippen LogP contribution in [0.1, 0.15) is 96.3 Å². The van der Waals surface area contributed by atoms with Crippen molar-refractivity contribution in [3.63, 3.8) is 0 Å². The van der Waals surface area contributed by atoms with Gasteiger partial charge in [-0.2, -0.15) is 0 Å². The fourth-order valence-electron chi connectivity index (χ4n) is 5.68. The molecule has 0 amide bonds. The fourth-order valence-corrected chi connectivity index (χ4v) is 10.9. The van der Waals surface area contributed by atoms with Gasteiger partial charge in [-0.1, -0.05) is 57.8 Å². The van der Waals surface area contributed by atoms with Gasteiger partial charge in [-0.3, -0.25) is 0 Å². The molecule has 0 aromatic carbocycles. The molecule has 0 unspecified atom stereocenters. The minimum Gasteiger partial charge on any atom is -0.377 e. The quantitative estimate of drug-likeness (QED) is 0.0383. The average Bonchev–Trinajstić information content (AvgIpc) is 3.21. The Bertz CT molecular complexity index is 698. The fraction of sp³-hybridized carbons (Fsp3) is 1.00. The minimum absolute atomic E-state index is 0.668. The van der Waals surface area contributed by atoms with Crippen molar-refractivity contribution < 1.29 is 39.8 Å². The van der Waals surface area contributed by atoms with Crippen LogP contribution in [0.4, 0.5) is 0 Å². The predicted molar refractivity (Wildman–Crippen MR) is 230 cm³/mol. The zero-order valence-corrected chi connectivity index (χ0v) is 39.5. The van der Waals surface area contributed by atoms with E-state index in [1.807, 2.05) is 0 Å². The molecule has 330 valence electrons. The lowest BCUT2D eigenvalue weighted by Crippen LogP contribution is -2.43. The van der Waals surface area contributed by atoms with Crippen LogP contribution in [-0.4, -0.2) is 149 Å². The van der Waals surface area contributed by atoms with Crippen molar-refractivity contribution in [3.8, 4) is 0 Å². The van der Waals surface area contributed by atoms with E-state index in [-0.39, 0.29) is 0 Å². The van der Waals surface area contributed by atoms with E-state index in [2.05, 4.69) is 16.0 Å². The van der Waals surface area contributed by atoms with Gasteiger partial charge < -0.3 is 73.0 Å². The molecule has 0 rings (SSSR count). The molecule has 0 saturated heterocycles. The third kappa shape index (κ3) is 34.1. The summed E-state index contributed by atoms with van der Waals surface area (Å²) in [5.74, 6) is 0. The van der Waals surface area contributed by atoms with E-state index in [9.17, 15) is 0 Å². The van der Waals surface area contributed by atoms with E-state index in [0.717, 1.165) is 96.2 Å². The molecule has 0 saturated carbocycles. The van der Waals surface area contributed by atoms with Gasteiger partial charge in [0.25, 0.3) is 0 Å². The topological polar surface area (TPSA) is 197 Å². The summed E-state index contributed by atoms with van der Waals surface area (Å²) >= 11 is 0. The maximum Gasteiger partial charge on any atom is 0.500 e. The molecule has 9 N–H and O–H groups in total. The van der Waals surface area contributed by atoms with E-state index in [0.29, 0.717) is 6.54 Å². The molecular weight excluding hydrogens is 745 g/mol. The lowest BCUT2D eigenvalue weighted by atomic mass is 10.1. The lowest BCUT2D eigenvalue weighted by Gasteiger charge is -2.24. The van der Waals surface area contributed by atoms with Crippen molar-refractivity contribution in [3.05, 3.63) is 0 Å². The summed E-state index contributed by atoms with van der Waals surface area (Å²) in [5.41, 5.74) is 16.2. The molecule has 18 heteroatoms. The van der Waals surface area contributed by atoms with Gasteiger partial charge in [0, 0.05) is 108 Å². The SMILES string of the molecule is CO[Si](CCCCCCCCCCCNCCN)(OC)OC.CO[Si](CCCNCCCCCCN)(OC)OC.CO[Si](CCCNCCN)(OC)OC. The maximum atomic E-state index is 5.44. The van der Waals surface area contributed by atoms with Gasteiger partial charge in [0.15, 0.2) is 0 Å². The number of nitrogens with two attached hydrogens (primary N) is 3.